The van der Waals surface area contributed by atoms with Crippen molar-refractivity contribution in [2.45, 2.75) is 38.3 Å². The number of amides is 1. The zero-order valence-corrected chi connectivity index (χ0v) is 19.3. The molecule has 0 aliphatic heterocycles. The van der Waals surface area contributed by atoms with Crippen LogP contribution in [0.2, 0.25) is 0 Å². The molecule has 4 rings (SSSR count). The average Bonchev–Trinajstić information content (AvgIpc) is 3.40. The van der Waals surface area contributed by atoms with Gasteiger partial charge in [-0.2, -0.15) is 5.10 Å². The third-order valence-electron chi connectivity index (χ3n) is 4.85. The number of rotatable bonds is 6. The molecule has 0 radical (unpaired) electrons. The molecule has 0 spiro atoms. The van der Waals surface area contributed by atoms with Crippen molar-refractivity contribution in [3.63, 3.8) is 0 Å². The molecule has 0 unspecified atom stereocenters. The number of para-hydroxylation sites is 1. The molecule has 0 saturated carbocycles. The summed E-state index contributed by atoms with van der Waals surface area (Å²) in [6.07, 6.45) is 0. The first-order chi connectivity index (χ1) is 15.3. The molecule has 0 saturated heterocycles. The zero-order chi connectivity index (χ0) is 22.7. The van der Waals surface area contributed by atoms with Gasteiger partial charge in [-0.3, -0.25) is 4.79 Å². The molecule has 164 valence electrons. The maximum Gasteiger partial charge on any atom is 0.277 e. The van der Waals surface area contributed by atoms with Crippen molar-refractivity contribution >= 4 is 23.5 Å². The Hall–Kier alpha value is -3.39. The second kappa shape index (κ2) is 9.00. The van der Waals surface area contributed by atoms with E-state index in [0.29, 0.717) is 16.9 Å². The van der Waals surface area contributed by atoms with Gasteiger partial charge < -0.3 is 9.73 Å². The van der Waals surface area contributed by atoms with Gasteiger partial charge in [-0.15, -0.1) is 10.2 Å². The van der Waals surface area contributed by atoms with Gasteiger partial charge in [0.25, 0.3) is 5.22 Å². The van der Waals surface area contributed by atoms with Crippen LogP contribution in [0.5, 0.6) is 0 Å². The summed E-state index contributed by atoms with van der Waals surface area (Å²) in [5.41, 5.74) is 3.56. The summed E-state index contributed by atoms with van der Waals surface area (Å²) < 4.78 is 7.49. The van der Waals surface area contributed by atoms with Crippen molar-refractivity contribution in [1.29, 1.82) is 0 Å². The molecule has 2 aromatic carbocycles. The van der Waals surface area contributed by atoms with E-state index in [9.17, 15) is 4.79 Å². The monoisotopic (exact) mass is 447 g/mol. The number of carbonyl (C=O) groups excluding carboxylic acids is 1. The molecule has 2 heterocycles. The maximum atomic E-state index is 12.7. The van der Waals surface area contributed by atoms with Crippen LogP contribution in [-0.4, -0.2) is 31.6 Å². The number of hydrogen-bond donors (Lipinski definition) is 1. The summed E-state index contributed by atoms with van der Waals surface area (Å²) in [7, 11) is 0. The van der Waals surface area contributed by atoms with E-state index in [1.165, 1.54) is 11.8 Å². The van der Waals surface area contributed by atoms with Gasteiger partial charge in [0.2, 0.25) is 11.8 Å². The highest BCUT2D eigenvalue weighted by atomic mass is 32.2. The Morgan fingerprint density at radius 3 is 2.50 bits per heavy atom. The normalized spacial score (nSPS) is 11.5. The molecular formula is C24H25N5O2S. The number of carbonyl (C=O) groups is 1. The molecule has 2 aromatic heterocycles. The zero-order valence-electron chi connectivity index (χ0n) is 18.5. The third-order valence-corrected chi connectivity index (χ3v) is 5.67. The smallest absolute Gasteiger partial charge is 0.277 e. The SMILES string of the molecule is Cc1ccccc1-c1nnc(SCC(=O)Nc2cc(C(C)(C)C)nn2-c2ccccc2)o1. The minimum absolute atomic E-state index is 0.139. The average molecular weight is 448 g/mol. The number of nitrogens with zero attached hydrogens (tertiary/aromatic N) is 4. The molecule has 0 atom stereocenters. The summed E-state index contributed by atoms with van der Waals surface area (Å²) in [6, 6.07) is 19.5. The molecule has 0 bridgehead atoms. The third kappa shape index (κ3) is 4.91. The van der Waals surface area contributed by atoms with Crippen molar-refractivity contribution in [2.75, 3.05) is 11.1 Å². The first-order valence-electron chi connectivity index (χ1n) is 10.3. The van der Waals surface area contributed by atoms with E-state index in [0.717, 1.165) is 22.5 Å². The van der Waals surface area contributed by atoms with Crippen LogP contribution in [0.4, 0.5) is 5.82 Å². The highest BCUT2D eigenvalue weighted by Crippen LogP contribution is 2.28. The molecule has 8 heteroatoms. The van der Waals surface area contributed by atoms with Crippen molar-refractivity contribution < 1.29 is 9.21 Å². The molecule has 1 N–H and O–H groups in total. The van der Waals surface area contributed by atoms with Gasteiger partial charge in [0, 0.05) is 17.0 Å². The molecular weight excluding hydrogens is 422 g/mol. The molecule has 0 fully saturated rings. The number of aromatic nitrogens is 4. The van der Waals surface area contributed by atoms with Crippen molar-refractivity contribution in [2.24, 2.45) is 0 Å². The summed E-state index contributed by atoms with van der Waals surface area (Å²) in [5.74, 6) is 1.03. The lowest BCUT2D eigenvalue weighted by Crippen LogP contribution is -2.17. The molecule has 7 nitrogen and oxygen atoms in total. The fraction of sp³-hybridized carbons (Fsp3) is 0.250. The van der Waals surface area contributed by atoms with Gasteiger partial charge in [0.05, 0.1) is 17.1 Å². The summed E-state index contributed by atoms with van der Waals surface area (Å²) >= 11 is 1.20. The van der Waals surface area contributed by atoms with Gasteiger partial charge in [-0.1, -0.05) is 68.9 Å². The van der Waals surface area contributed by atoms with Crippen LogP contribution < -0.4 is 5.32 Å². The minimum Gasteiger partial charge on any atom is -0.411 e. The fourth-order valence-corrected chi connectivity index (χ4v) is 3.66. The Labute approximate surface area is 191 Å². The topological polar surface area (TPSA) is 85.8 Å². The largest absolute Gasteiger partial charge is 0.411 e. The van der Waals surface area contributed by atoms with E-state index >= 15 is 0 Å². The van der Waals surface area contributed by atoms with E-state index < -0.39 is 0 Å². The van der Waals surface area contributed by atoms with E-state index in [2.05, 4.69) is 36.3 Å². The Balaban J connectivity index is 1.47. The van der Waals surface area contributed by atoms with Gasteiger partial charge in [0.1, 0.15) is 5.82 Å². The first-order valence-corrected chi connectivity index (χ1v) is 11.3. The Morgan fingerprint density at radius 2 is 1.78 bits per heavy atom. The van der Waals surface area contributed by atoms with Crippen LogP contribution in [0.25, 0.3) is 17.1 Å². The fourth-order valence-electron chi connectivity index (χ4n) is 3.10. The summed E-state index contributed by atoms with van der Waals surface area (Å²) in [4.78, 5) is 12.7. The minimum atomic E-state index is -0.178. The van der Waals surface area contributed by atoms with Crippen molar-refractivity contribution in [1.82, 2.24) is 20.0 Å². The van der Waals surface area contributed by atoms with Crippen LogP contribution in [0.3, 0.4) is 0 Å². The number of benzene rings is 2. The van der Waals surface area contributed by atoms with Gasteiger partial charge in [-0.25, -0.2) is 4.68 Å². The summed E-state index contributed by atoms with van der Waals surface area (Å²) in [6.45, 7) is 8.26. The van der Waals surface area contributed by atoms with Crippen molar-refractivity contribution in [3.05, 3.63) is 71.9 Å². The maximum absolute atomic E-state index is 12.7. The number of hydrogen-bond acceptors (Lipinski definition) is 6. The number of nitrogens with one attached hydrogen (secondary N) is 1. The predicted molar refractivity (Wildman–Crippen MR) is 126 cm³/mol. The number of thioether (sulfide) groups is 1. The second-order valence-corrected chi connectivity index (χ2v) is 9.36. The lowest BCUT2D eigenvalue weighted by atomic mass is 9.92. The highest BCUT2D eigenvalue weighted by Gasteiger charge is 2.22. The standard InChI is InChI=1S/C24H25N5O2S/c1-16-10-8-9-13-18(16)22-26-27-23(31-22)32-15-21(30)25-20-14-19(24(2,3)4)28-29(20)17-11-6-5-7-12-17/h5-14H,15H2,1-4H3,(H,25,30). The Morgan fingerprint density at radius 1 is 1.06 bits per heavy atom. The lowest BCUT2D eigenvalue weighted by Gasteiger charge is -2.14. The van der Waals surface area contributed by atoms with E-state index in [1.54, 1.807) is 4.68 Å². The highest BCUT2D eigenvalue weighted by molar-refractivity contribution is 7.99. The van der Waals surface area contributed by atoms with Crippen LogP contribution in [-0.2, 0) is 10.2 Å². The van der Waals surface area contributed by atoms with Gasteiger partial charge in [-0.05, 0) is 30.7 Å². The molecule has 1 amide bonds. The number of aryl methyl sites for hydroxylation is 1. The Kier molecular flexibility index (Phi) is 6.14. The quantitative estimate of drug-likeness (QED) is 0.406. The van der Waals surface area contributed by atoms with Crippen LogP contribution in [0.1, 0.15) is 32.0 Å². The Bertz CT molecular complexity index is 1220. The van der Waals surface area contributed by atoms with Gasteiger partial charge in [0.15, 0.2) is 0 Å². The van der Waals surface area contributed by atoms with Crippen LogP contribution in [0, 0.1) is 6.92 Å². The van der Waals surface area contributed by atoms with Crippen molar-refractivity contribution in [3.8, 4) is 17.1 Å². The molecule has 32 heavy (non-hydrogen) atoms. The van der Waals surface area contributed by atoms with E-state index in [-0.39, 0.29) is 17.1 Å². The number of anilines is 1. The van der Waals surface area contributed by atoms with E-state index in [4.69, 9.17) is 9.52 Å². The molecule has 0 aliphatic rings. The van der Waals surface area contributed by atoms with Gasteiger partial charge >= 0.3 is 0 Å². The first kappa shape index (κ1) is 21.8. The second-order valence-electron chi connectivity index (χ2n) is 8.44. The predicted octanol–water partition coefficient (Wildman–Crippen LogP) is 5.26. The molecule has 0 aliphatic carbocycles. The lowest BCUT2D eigenvalue weighted by molar-refractivity contribution is -0.113. The van der Waals surface area contributed by atoms with Crippen LogP contribution >= 0.6 is 11.8 Å². The molecule has 4 aromatic rings. The van der Waals surface area contributed by atoms with Crippen LogP contribution in [0.15, 0.2) is 70.3 Å². The summed E-state index contributed by atoms with van der Waals surface area (Å²) in [5, 5.41) is 16.2. The van der Waals surface area contributed by atoms with E-state index in [1.807, 2.05) is 67.6 Å².